The normalized spacial score (nSPS) is 17.6. The summed E-state index contributed by atoms with van der Waals surface area (Å²) in [5.41, 5.74) is 2.99. The maximum absolute atomic E-state index is 10.9. The molecule has 0 atom stereocenters. The molecule has 24 heavy (non-hydrogen) atoms. The van der Waals surface area contributed by atoms with E-state index in [0.717, 1.165) is 43.1 Å². The van der Waals surface area contributed by atoms with Gasteiger partial charge in [-0.15, -0.1) is 0 Å². The number of rotatable bonds is 4. The average molecular weight is 344 g/mol. The number of hydrogen-bond donors (Lipinski definition) is 1. The predicted octanol–water partition coefficient (Wildman–Crippen LogP) is 4.59. The number of likely N-dealkylation sites (tertiary alicyclic amines) is 1. The van der Waals surface area contributed by atoms with Crippen molar-refractivity contribution >= 4 is 17.6 Å². The van der Waals surface area contributed by atoms with Gasteiger partial charge in [-0.1, -0.05) is 42.8 Å². The summed E-state index contributed by atoms with van der Waals surface area (Å²) in [5, 5.41) is 9.76. The minimum absolute atomic E-state index is 0.175. The molecule has 0 radical (unpaired) electrons. The molecule has 0 saturated carbocycles. The second-order valence-electron chi connectivity index (χ2n) is 6.85. The number of hydrogen-bond acceptors (Lipinski definition) is 2. The molecular formula is C20H22ClNO2. The van der Waals surface area contributed by atoms with Gasteiger partial charge in [0.1, 0.15) is 0 Å². The Morgan fingerprint density at radius 3 is 2.42 bits per heavy atom. The number of carbonyl (C=O) groups is 1. The van der Waals surface area contributed by atoms with Crippen molar-refractivity contribution in [1.82, 2.24) is 4.90 Å². The van der Waals surface area contributed by atoms with Crippen molar-refractivity contribution < 1.29 is 9.90 Å². The summed E-state index contributed by atoms with van der Waals surface area (Å²) < 4.78 is 0. The molecule has 1 aliphatic rings. The number of halogens is 1. The molecule has 3 nitrogen and oxygen atoms in total. The molecule has 0 spiro atoms. The van der Waals surface area contributed by atoms with Crippen molar-refractivity contribution in [2.45, 2.75) is 31.7 Å². The molecule has 0 amide bonds. The van der Waals surface area contributed by atoms with E-state index in [0.29, 0.717) is 5.56 Å². The minimum atomic E-state index is -0.878. The van der Waals surface area contributed by atoms with E-state index in [4.69, 9.17) is 16.7 Å². The highest BCUT2D eigenvalue weighted by molar-refractivity contribution is 6.30. The molecule has 0 bridgehead atoms. The third-order valence-electron chi connectivity index (χ3n) is 5.09. The van der Waals surface area contributed by atoms with Gasteiger partial charge in [0.05, 0.1) is 5.56 Å². The second-order valence-corrected chi connectivity index (χ2v) is 7.29. The quantitative estimate of drug-likeness (QED) is 0.882. The predicted molar refractivity (Wildman–Crippen MR) is 96.7 cm³/mol. The van der Waals surface area contributed by atoms with Crippen molar-refractivity contribution in [1.29, 1.82) is 0 Å². The molecule has 3 rings (SSSR count). The summed E-state index contributed by atoms with van der Waals surface area (Å²) in [6.07, 6.45) is 2.20. The van der Waals surface area contributed by atoms with Gasteiger partial charge >= 0.3 is 5.97 Å². The number of carboxylic acid groups (broad SMARTS) is 1. The fourth-order valence-electron chi connectivity index (χ4n) is 3.37. The number of benzene rings is 2. The van der Waals surface area contributed by atoms with Crippen LogP contribution in [-0.4, -0.2) is 29.1 Å². The standard InChI is InChI=1S/C20H22ClNO2/c1-20(17-3-2-4-18(21)13-17)9-11-22(12-10-20)14-15-5-7-16(8-6-15)19(23)24/h2-8,13H,9-12,14H2,1H3,(H,23,24). The third kappa shape index (κ3) is 3.80. The summed E-state index contributed by atoms with van der Waals surface area (Å²) in [5.74, 6) is -0.878. The molecule has 2 aromatic carbocycles. The van der Waals surface area contributed by atoms with Crippen LogP contribution in [0.15, 0.2) is 48.5 Å². The SMILES string of the molecule is CC1(c2cccc(Cl)c2)CCN(Cc2ccc(C(=O)O)cc2)CC1. The van der Waals surface area contributed by atoms with Gasteiger partial charge in [0.15, 0.2) is 0 Å². The van der Waals surface area contributed by atoms with Crippen LogP contribution in [0.25, 0.3) is 0 Å². The van der Waals surface area contributed by atoms with E-state index >= 15 is 0 Å². The molecule has 0 aliphatic carbocycles. The van der Waals surface area contributed by atoms with E-state index in [1.807, 2.05) is 24.3 Å². The fraction of sp³-hybridized carbons (Fsp3) is 0.350. The van der Waals surface area contributed by atoms with E-state index in [1.165, 1.54) is 5.56 Å². The first-order chi connectivity index (χ1) is 11.5. The fourth-order valence-corrected chi connectivity index (χ4v) is 3.56. The number of piperidine rings is 1. The van der Waals surface area contributed by atoms with Crippen LogP contribution >= 0.6 is 11.6 Å². The number of nitrogens with zero attached hydrogens (tertiary/aromatic N) is 1. The van der Waals surface area contributed by atoms with Crippen LogP contribution in [0.2, 0.25) is 5.02 Å². The van der Waals surface area contributed by atoms with Crippen LogP contribution in [0.3, 0.4) is 0 Å². The van der Waals surface area contributed by atoms with Crippen LogP contribution < -0.4 is 0 Å². The topological polar surface area (TPSA) is 40.5 Å². The number of aromatic carboxylic acids is 1. The molecule has 126 valence electrons. The van der Waals surface area contributed by atoms with Crippen LogP contribution in [0.4, 0.5) is 0 Å². The Balaban J connectivity index is 1.61. The Labute approximate surface area is 147 Å². The highest BCUT2D eigenvalue weighted by Crippen LogP contribution is 2.36. The van der Waals surface area contributed by atoms with Gasteiger partial charge in [-0.05, 0) is 66.7 Å². The lowest BCUT2D eigenvalue weighted by molar-refractivity contribution is 0.0697. The summed E-state index contributed by atoms with van der Waals surface area (Å²) in [7, 11) is 0. The van der Waals surface area contributed by atoms with Gasteiger partial charge in [0, 0.05) is 11.6 Å². The van der Waals surface area contributed by atoms with Crippen molar-refractivity contribution in [3.8, 4) is 0 Å². The van der Waals surface area contributed by atoms with E-state index in [2.05, 4.69) is 24.0 Å². The minimum Gasteiger partial charge on any atom is -0.478 e. The first kappa shape index (κ1) is 17.0. The first-order valence-corrected chi connectivity index (χ1v) is 8.65. The molecule has 0 aromatic heterocycles. The zero-order valence-electron chi connectivity index (χ0n) is 13.8. The summed E-state index contributed by atoms with van der Waals surface area (Å²) in [6.45, 7) is 5.25. The zero-order valence-corrected chi connectivity index (χ0v) is 14.6. The average Bonchev–Trinajstić information content (AvgIpc) is 2.58. The smallest absolute Gasteiger partial charge is 0.335 e. The second kappa shape index (κ2) is 6.96. The van der Waals surface area contributed by atoms with Crippen molar-refractivity contribution in [2.24, 2.45) is 0 Å². The van der Waals surface area contributed by atoms with Crippen LogP contribution in [0.1, 0.15) is 41.3 Å². The van der Waals surface area contributed by atoms with Crippen LogP contribution in [-0.2, 0) is 12.0 Å². The first-order valence-electron chi connectivity index (χ1n) is 8.27. The van der Waals surface area contributed by atoms with E-state index < -0.39 is 5.97 Å². The van der Waals surface area contributed by atoms with Gasteiger partial charge in [0.25, 0.3) is 0 Å². The molecule has 1 N–H and O–H groups in total. The lowest BCUT2D eigenvalue weighted by atomic mass is 9.74. The van der Waals surface area contributed by atoms with Crippen molar-refractivity contribution in [3.63, 3.8) is 0 Å². The maximum atomic E-state index is 10.9. The molecule has 1 aliphatic heterocycles. The van der Waals surface area contributed by atoms with E-state index in [9.17, 15) is 4.79 Å². The Morgan fingerprint density at radius 2 is 1.83 bits per heavy atom. The monoisotopic (exact) mass is 343 g/mol. The van der Waals surface area contributed by atoms with Crippen LogP contribution in [0, 0.1) is 0 Å². The molecule has 1 saturated heterocycles. The Hall–Kier alpha value is -1.84. The molecule has 0 unspecified atom stereocenters. The Bertz CT molecular complexity index is 719. The Morgan fingerprint density at radius 1 is 1.17 bits per heavy atom. The molecular weight excluding hydrogens is 322 g/mol. The maximum Gasteiger partial charge on any atom is 0.335 e. The van der Waals surface area contributed by atoms with Gasteiger partial charge in [-0.2, -0.15) is 0 Å². The lowest BCUT2D eigenvalue weighted by Crippen LogP contribution is -2.40. The molecule has 2 aromatic rings. The number of carboxylic acids is 1. The molecule has 4 heteroatoms. The van der Waals surface area contributed by atoms with E-state index in [1.54, 1.807) is 12.1 Å². The largest absolute Gasteiger partial charge is 0.478 e. The summed E-state index contributed by atoms with van der Waals surface area (Å²) in [4.78, 5) is 13.3. The van der Waals surface area contributed by atoms with Gasteiger partial charge in [-0.3, -0.25) is 4.90 Å². The summed E-state index contributed by atoms with van der Waals surface area (Å²) in [6, 6.07) is 15.4. The highest BCUT2D eigenvalue weighted by Gasteiger charge is 2.31. The van der Waals surface area contributed by atoms with Gasteiger partial charge in [-0.25, -0.2) is 4.79 Å². The van der Waals surface area contributed by atoms with Crippen molar-refractivity contribution in [3.05, 3.63) is 70.2 Å². The third-order valence-corrected chi connectivity index (χ3v) is 5.32. The van der Waals surface area contributed by atoms with Gasteiger partial charge < -0.3 is 5.11 Å². The summed E-state index contributed by atoms with van der Waals surface area (Å²) >= 11 is 6.14. The Kier molecular flexibility index (Phi) is 4.93. The van der Waals surface area contributed by atoms with Crippen molar-refractivity contribution in [2.75, 3.05) is 13.1 Å². The van der Waals surface area contributed by atoms with E-state index in [-0.39, 0.29) is 5.41 Å². The highest BCUT2D eigenvalue weighted by atomic mass is 35.5. The zero-order chi connectivity index (χ0) is 17.2. The van der Waals surface area contributed by atoms with Crippen LogP contribution in [0.5, 0.6) is 0 Å². The lowest BCUT2D eigenvalue weighted by Gasteiger charge is -2.40. The molecule has 1 heterocycles. The van der Waals surface area contributed by atoms with Gasteiger partial charge in [0.2, 0.25) is 0 Å². The molecule has 1 fully saturated rings.